The fourth-order valence-corrected chi connectivity index (χ4v) is 2.83. The number of hydrogen-bond donors (Lipinski definition) is 0. The van der Waals surface area contributed by atoms with E-state index >= 15 is 0 Å². The number of benzene rings is 2. The van der Waals surface area contributed by atoms with Crippen molar-refractivity contribution in [1.29, 1.82) is 0 Å². The minimum absolute atomic E-state index is 0. The van der Waals surface area contributed by atoms with Gasteiger partial charge in [0.1, 0.15) is 11.3 Å². The molecule has 0 unspecified atom stereocenters. The summed E-state index contributed by atoms with van der Waals surface area (Å²) in [5, 5.41) is 0. The van der Waals surface area contributed by atoms with Gasteiger partial charge in [-0.2, -0.15) is 0 Å². The maximum atomic E-state index is 13.8. The number of aromatic nitrogens is 2. The van der Waals surface area contributed by atoms with Gasteiger partial charge in [0, 0.05) is 17.7 Å². The van der Waals surface area contributed by atoms with Crippen molar-refractivity contribution in [1.82, 2.24) is 4.98 Å². The van der Waals surface area contributed by atoms with Crippen molar-refractivity contribution in [2.75, 3.05) is 0 Å². The first-order valence-electron chi connectivity index (χ1n) is 8.21. The summed E-state index contributed by atoms with van der Waals surface area (Å²) in [5.74, 6) is 0.404. The standard InChI is InChI=1S/C21H18FN2O.BrH/c1-14-11-19-20(12-15(14)2)25-21(23-19)16-7-9-24(10-8-16)13-17-5-3-4-6-18(17)22;/h3-12H,13H2,1-2H3;1H/q+1;/p-1. The Labute approximate surface area is 161 Å². The average Bonchev–Trinajstić information content (AvgIpc) is 3.01. The lowest BCUT2D eigenvalue weighted by atomic mass is 10.1. The molecule has 0 bridgehead atoms. The zero-order chi connectivity index (χ0) is 17.4. The summed E-state index contributed by atoms with van der Waals surface area (Å²) in [6, 6.07) is 14.7. The van der Waals surface area contributed by atoms with E-state index in [2.05, 4.69) is 18.8 Å². The molecule has 0 atom stereocenters. The number of aryl methyl sites for hydroxylation is 2. The second kappa shape index (κ2) is 7.38. The molecular formula is C21H18BrFN2O. The highest BCUT2D eigenvalue weighted by Gasteiger charge is 2.12. The normalized spacial score (nSPS) is 10.7. The summed E-state index contributed by atoms with van der Waals surface area (Å²) in [6.45, 7) is 4.61. The first kappa shape index (κ1) is 18.3. The molecule has 26 heavy (non-hydrogen) atoms. The van der Waals surface area contributed by atoms with Gasteiger partial charge in [0.2, 0.25) is 5.89 Å². The molecule has 4 aromatic rings. The van der Waals surface area contributed by atoms with Gasteiger partial charge in [-0.05, 0) is 49.2 Å². The van der Waals surface area contributed by atoms with Crippen molar-refractivity contribution in [2.45, 2.75) is 20.4 Å². The van der Waals surface area contributed by atoms with Gasteiger partial charge in [0.25, 0.3) is 0 Å². The largest absolute Gasteiger partial charge is 1.00 e. The predicted octanol–water partition coefficient (Wildman–Crippen LogP) is 1.59. The van der Waals surface area contributed by atoms with E-state index in [0.717, 1.165) is 16.7 Å². The van der Waals surface area contributed by atoms with Crippen molar-refractivity contribution < 1.29 is 30.4 Å². The van der Waals surface area contributed by atoms with E-state index in [4.69, 9.17) is 4.42 Å². The summed E-state index contributed by atoms with van der Waals surface area (Å²) < 4.78 is 21.6. The second-order valence-electron chi connectivity index (χ2n) is 6.27. The van der Waals surface area contributed by atoms with Gasteiger partial charge < -0.3 is 21.4 Å². The molecule has 0 amide bonds. The molecule has 2 aromatic heterocycles. The van der Waals surface area contributed by atoms with Crippen LogP contribution < -0.4 is 21.5 Å². The number of rotatable bonds is 3. The summed E-state index contributed by atoms with van der Waals surface area (Å²) >= 11 is 0. The minimum Gasteiger partial charge on any atom is -1.00 e. The molecule has 2 aromatic carbocycles. The third kappa shape index (κ3) is 3.53. The summed E-state index contributed by atoms with van der Waals surface area (Å²) in [6.07, 6.45) is 3.82. The summed E-state index contributed by atoms with van der Waals surface area (Å²) in [7, 11) is 0. The number of nitrogens with zero attached hydrogens (tertiary/aromatic N) is 2. The van der Waals surface area contributed by atoms with Crippen LogP contribution in [0.3, 0.4) is 0 Å². The number of pyridine rings is 1. The molecule has 5 heteroatoms. The molecule has 0 saturated carbocycles. The van der Waals surface area contributed by atoms with Crippen LogP contribution in [0.2, 0.25) is 0 Å². The van der Waals surface area contributed by atoms with Gasteiger partial charge in [0.05, 0.1) is 5.56 Å². The Morgan fingerprint density at radius 2 is 1.69 bits per heavy atom. The van der Waals surface area contributed by atoms with Crippen molar-refractivity contribution >= 4 is 11.1 Å². The van der Waals surface area contributed by atoms with E-state index in [1.807, 2.05) is 47.3 Å². The number of hydrogen-bond acceptors (Lipinski definition) is 2. The molecule has 0 fully saturated rings. The molecule has 4 rings (SSSR count). The first-order valence-corrected chi connectivity index (χ1v) is 8.21. The summed E-state index contributed by atoms with van der Waals surface area (Å²) in [4.78, 5) is 4.58. The Morgan fingerprint density at radius 1 is 1.00 bits per heavy atom. The minimum atomic E-state index is -0.191. The molecule has 132 valence electrons. The Bertz CT molecular complexity index is 1020. The van der Waals surface area contributed by atoms with E-state index in [1.165, 1.54) is 17.2 Å². The van der Waals surface area contributed by atoms with Crippen molar-refractivity contribution in [2.24, 2.45) is 0 Å². The highest BCUT2D eigenvalue weighted by atomic mass is 79.9. The van der Waals surface area contributed by atoms with Gasteiger partial charge in [0.15, 0.2) is 24.5 Å². The molecule has 0 spiro atoms. The molecule has 0 saturated heterocycles. The molecular weight excluding hydrogens is 395 g/mol. The molecule has 0 aliphatic rings. The second-order valence-corrected chi connectivity index (χ2v) is 6.27. The Balaban J connectivity index is 0.00000196. The smallest absolute Gasteiger partial charge is 0.227 e. The lowest BCUT2D eigenvalue weighted by Crippen LogP contribution is -3.00. The molecule has 0 radical (unpaired) electrons. The molecule has 3 nitrogen and oxygen atoms in total. The van der Waals surface area contributed by atoms with Crippen LogP contribution in [0.4, 0.5) is 4.39 Å². The number of halogens is 2. The van der Waals surface area contributed by atoms with Crippen LogP contribution in [-0.2, 0) is 6.54 Å². The van der Waals surface area contributed by atoms with Crippen LogP contribution in [0.1, 0.15) is 16.7 Å². The maximum absolute atomic E-state index is 13.8. The first-order chi connectivity index (χ1) is 12.1. The Hall–Kier alpha value is -2.53. The van der Waals surface area contributed by atoms with Crippen molar-refractivity contribution in [3.05, 3.63) is 83.4 Å². The topological polar surface area (TPSA) is 29.9 Å². The fourth-order valence-electron chi connectivity index (χ4n) is 2.83. The van der Waals surface area contributed by atoms with Crippen molar-refractivity contribution in [3.8, 4) is 11.5 Å². The Kier molecular flexibility index (Phi) is 5.18. The maximum Gasteiger partial charge on any atom is 0.227 e. The Morgan fingerprint density at radius 3 is 2.42 bits per heavy atom. The monoisotopic (exact) mass is 412 g/mol. The van der Waals surface area contributed by atoms with Crippen LogP contribution in [0, 0.1) is 19.7 Å². The van der Waals surface area contributed by atoms with Crippen LogP contribution in [0.15, 0.2) is 65.3 Å². The third-order valence-electron chi connectivity index (χ3n) is 4.45. The zero-order valence-electron chi connectivity index (χ0n) is 14.5. The molecule has 0 aliphatic heterocycles. The lowest BCUT2D eigenvalue weighted by Gasteiger charge is -2.00. The van der Waals surface area contributed by atoms with Gasteiger partial charge in [-0.1, -0.05) is 12.1 Å². The summed E-state index contributed by atoms with van der Waals surface area (Å²) in [5.41, 5.74) is 5.60. The van der Waals surface area contributed by atoms with E-state index < -0.39 is 0 Å². The third-order valence-corrected chi connectivity index (χ3v) is 4.45. The van der Waals surface area contributed by atoms with E-state index in [1.54, 1.807) is 12.1 Å². The predicted molar refractivity (Wildman–Crippen MR) is 94.6 cm³/mol. The highest BCUT2D eigenvalue weighted by Crippen LogP contribution is 2.25. The highest BCUT2D eigenvalue weighted by molar-refractivity contribution is 5.77. The van der Waals surface area contributed by atoms with Gasteiger partial charge in [-0.25, -0.2) is 13.9 Å². The molecule has 0 aliphatic carbocycles. The lowest BCUT2D eigenvalue weighted by molar-refractivity contribution is -0.688. The average molecular weight is 413 g/mol. The molecule has 0 N–H and O–H groups in total. The van der Waals surface area contributed by atoms with Crippen LogP contribution in [0.5, 0.6) is 0 Å². The zero-order valence-corrected chi connectivity index (χ0v) is 16.1. The van der Waals surface area contributed by atoms with Crippen LogP contribution >= 0.6 is 0 Å². The van der Waals surface area contributed by atoms with E-state index in [9.17, 15) is 4.39 Å². The van der Waals surface area contributed by atoms with Crippen LogP contribution in [0.25, 0.3) is 22.6 Å². The van der Waals surface area contributed by atoms with E-state index in [0.29, 0.717) is 18.0 Å². The van der Waals surface area contributed by atoms with Crippen LogP contribution in [-0.4, -0.2) is 4.98 Å². The quantitative estimate of drug-likeness (QED) is 0.478. The molecule has 2 heterocycles. The number of fused-ring (bicyclic) bond motifs is 1. The fraction of sp³-hybridized carbons (Fsp3) is 0.143. The van der Waals surface area contributed by atoms with Gasteiger partial charge in [-0.15, -0.1) is 0 Å². The van der Waals surface area contributed by atoms with Gasteiger partial charge in [-0.3, -0.25) is 0 Å². The van der Waals surface area contributed by atoms with E-state index in [-0.39, 0.29) is 22.8 Å². The SMILES string of the molecule is Cc1cc2nc(-c3cc[n+](Cc4ccccc4F)cc3)oc2cc1C.[Br-]. The number of oxazole rings is 1. The van der Waals surface area contributed by atoms with Crippen molar-refractivity contribution in [3.63, 3.8) is 0 Å². The van der Waals surface area contributed by atoms with Gasteiger partial charge >= 0.3 is 0 Å².